The van der Waals surface area contributed by atoms with E-state index in [4.69, 9.17) is 0 Å². The van der Waals surface area contributed by atoms with Crippen molar-refractivity contribution >= 4 is 28.3 Å². The van der Waals surface area contributed by atoms with Crippen LogP contribution in [0, 0.1) is 5.92 Å². The molecule has 3 N–H and O–H groups in total. The Hall–Kier alpha value is -1.83. The summed E-state index contributed by atoms with van der Waals surface area (Å²) in [4.78, 5) is 22.1. The summed E-state index contributed by atoms with van der Waals surface area (Å²) in [6, 6.07) is 0. The van der Waals surface area contributed by atoms with Gasteiger partial charge in [0.25, 0.3) is 0 Å². The van der Waals surface area contributed by atoms with E-state index in [0.29, 0.717) is 25.6 Å². The number of aromatic nitrogens is 1. The van der Waals surface area contributed by atoms with E-state index in [1.807, 2.05) is 38.2 Å². The molecular weight excluding hydrogens is 300 g/mol. The second-order valence-electron chi connectivity index (χ2n) is 5.31. The highest BCUT2D eigenvalue weighted by Crippen LogP contribution is 2.17. The van der Waals surface area contributed by atoms with Crippen LogP contribution >= 0.6 is 11.3 Å². The number of rotatable bonds is 7. The van der Waals surface area contributed by atoms with E-state index in [2.05, 4.69) is 25.9 Å². The van der Waals surface area contributed by atoms with Crippen LogP contribution in [0.15, 0.2) is 10.4 Å². The zero-order valence-corrected chi connectivity index (χ0v) is 14.8. The fourth-order valence-corrected chi connectivity index (χ4v) is 2.31. The van der Waals surface area contributed by atoms with Gasteiger partial charge in [-0.3, -0.25) is 9.79 Å². The Labute approximate surface area is 136 Å². The third kappa shape index (κ3) is 6.30. The highest BCUT2D eigenvalue weighted by Gasteiger charge is 2.06. The first-order chi connectivity index (χ1) is 10.4. The van der Waals surface area contributed by atoms with Gasteiger partial charge in [0.15, 0.2) is 11.1 Å². The van der Waals surface area contributed by atoms with Gasteiger partial charge in [-0.1, -0.05) is 13.8 Å². The maximum atomic E-state index is 11.4. The van der Waals surface area contributed by atoms with Crippen LogP contribution in [0.2, 0.25) is 0 Å². The van der Waals surface area contributed by atoms with Crippen LogP contribution in [0.5, 0.6) is 0 Å². The summed E-state index contributed by atoms with van der Waals surface area (Å²) in [5, 5.41) is 12.2. The Morgan fingerprint density at radius 2 is 2.00 bits per heavy atom. The number of amides is 1. The normalized spacial score (nSPS) is 11.5. The smallest absolute Gasteiger partial charge is 0.222 e. The molecule has 0 bridgehead atoms. The number of carbonyl (C=O) groups is 1. The lowest BCUT2D eigenvalue weighted by atomic mass is 10.2. The molecule has 0 saturated heterocycles. The van der Waals surface area contributed by atoms with E-state index in [0.717, 1.165) is 10.8 Å². The van der Waals surface area contributed by atoms with E-state index in [1.165, 1.54) is 0 Å². The van der Waals surface area contributed by atoms with Crippen molar-refractivity contribution in [1.29, 1.82) is 0 Å². The topological polar surface area (TPSA) is 81.6 Å². The lowest BCUT2D eigenvalue weighted by molar-refractivity contribution is -0.123. The van der Waals surface area contributed by atoms with Crippen molar-refractivity contribution < 1.29 is 4.79 Å². The number of thiazole rings is 1. The third-order valence-electron chi connectivity index (χ3n) is 2.82. The van der Waals surface area contributed by atoms with Gasteiger partial charge >= 0.3 is 0 Å². The van der Waals surface area contributed by atoms with Crippen LogP contribution in [-0.2, 0) is 11.3 Å². The van der Waals surface area contributed by atoms with Crippen LogP contribution < -0.4 is 20.9 Å². The zero-order chi connectivity index (χ0) is 16.5. The van der Waals surface area contributed by atoms with Gasteiger partial charge in [0, 0.05) is 45.5 Å². The summed E-state index contributed by atoms with van der Waals surface area (Å²) in [7, 11) is 5.66. The second kappa shape index (κ2) is 9.24. The summed E-state index contributed by atoms with van der Waals surface area (Å²) >= 11 is 1.61. The van der Waals surface area contributed by atoms with Gasteiger partial charge in [0.2, 0.25) is 5.91 Å². The SMILES string of the molecule is CN=C(NCCNC(=O)C(C)C)NCc1csc(N(C)C)n1. The fourth-order valence-electron chi connectivity index (χ4n) is 1.55. The number of nitrogens with one attached hydrogen (secondary N) is 3. The van der Waals surface area contributed by atoms with E-state index in [-0.39, 0.29) is 11.8 Å². The highest BCUT2D eigenvalue weighted by molar-refractivity contribution is 7.13. The highest BCUT2D eigenvalue weighted by atomic mass is 32.1. The molecule has 1 aromatic rings. The minimum absolute atomic E-state index is 0.00740. The van der Waals surface area contributed by atoms with Gasteiger partial charge in [-0.05, 0) is 0 Å². The Balaban J connectivity index is 2.29. The number of anilines is 1. The summed E-state index contributed by atoms with van der Waals surface area (Å²) in [6.07, 6.45) is 0. The van der Waals surface area contributed by atoms with E-state index >= 15 is 0 Å². The first-order valence-electron chi connectivity index (χ1n) is 7.28. The van der Waals surface area contributed by atoms with Crippen molar-refractivity contribution in [1.82, 2.24) is 20.9 Å². The third-order valence-corrected chi connectivity index (χ3v) is 3.88. The molecule has 0 atom stereocenters. The van der Waals surface area contributed by atoms with Gasteiger partial charge in [-0.15, -0.1) is 11.3 Å². The van der Waals surface area contributed by atoms with Crippen molar-refractivity contribution in [2.75, 3.05) is 39.1 Å². The minimum atomic E-state index is 0.00740. The first-order valence-corrected chi connectivity index (χ1v) is 8.16. The molecule has 0 radical (unpaired) electrons. The minimum Gasteiger partial charge on any atom is -0.355 e. The Morgan fingerprint density at radius 1 is 1.32 bits per heavy atom. The molecule has 1 rings (SSSR count). The number of guanidine groups is 1. The molecule has 1 amide bonds. The molecule has 0 spiro atoms. The predicted octanol–water partition coefficient (Wildman–Crippen LogP) is 0.646. The molecule has 1 aromatic heterocycles. The zero-order valence-electron chi connectivity index (χ0n) is 13.9. The lowest BCUT2D eigenvalue weighted by Gasteiger charge is -2.12. The number of carbonyl (C=O) groups excluding carboxylic acids is 1. The summed E-state index contributed by atoms with van der Waals surface area (Å²) in [6.45, 7) is 5.55. The van der Waals surface area contributed by atoms with Crippen LogP contribution in [0.25, 0.3) is 0 Å². The van der Waals surface area contributed by atoms with Crippen molar-refractivity contribution in [2.24, 2.45) is 10.9 Å². The van der Waals surface area contributed by atoms with E-state index in [1.54, 1.807) is 18.4 Å². The maximum absolute atomic E-state index is 11.4. The molecule has 0 aliphatic heterocycles. The van der Waals surface area contributed by atoms with Gasteiger partial charge < -0.3 is 20.9 Å². The fraction of sp³-hybridized carbons (Fsp3) is 0.643. The van der Waals surface area contributed by atoms with Crippen LogP contribution in [0.1, 0.15) is 19.5 Å². The van der Waals surface area contributed by atoms with E-state index in [9.17, 15) is 4.79 Å². The largest absolute Gasteiger partial charge is 0.355 e. The predicted molar refractivity (Wildman–Crippen MR) is 92.5 cm³/mol. The molecule has 1 heterocycles. The van der Waals surface area contributed by atoms with Crippen molar-refractivity contribution in [3.8, 4) is 0 Å². The Morgan fingerprint density at radius 3 is 2.55 bits per heavy atom. The molecular formula is C14H26N6OS. The second-order valence-corrected chi connectivity index (χ2v) is 6.15. The molecule has 0 aliphatic rings. The van der Waals surface area contributed by atoms with Crippen molar-refractivity contribution in [2.45, 2.75) is 20.4 Å². The van der Waals surface area contributed by atoms with Crippen LogP contribution in [0.4, 0.5) is 5.13 Å². The lowest BCUT2D eigenvalue weighted by Crippen LogP contribution is -2.41. The van der Waals surface area contributed by atoms with Crippen molar-refractivity contribution in [3.63, 3.8) is 0 Å². The molecule has 124 valence electrons. The Bertz CT molecular complexity index is 497. The molecule has 0 aromatic carbocycles. The summed E-state index contributed by atoms with van der Waals surface area (Å²) < 4.78 is 0. The number of hydrogen-bond donors (Lipinski definition) is 3. The number of hydrogen-bond acceptors (Lipinski definition) is 5. The van der Waals surface area contributed by atoms with Gasteiger partial charge in [0.1, 0.15) is 0 Å². The number of aliphatic imine (C=N–C) groups is 1. The number of nitrogens with zero attached hydrogens (tertiary/aromatic N) is 3. The summed E-state index contributed by atoms with van der Waals surface area (Å²) in [5.41, 5.74) is 0.977. The Kier molecular flexibility index (Phi) is 7.65. The summed E-state index contributed by atoms with van der Waals surface area (Å²) in [5.74, 6) is 0.759. The average molecular weight is 326 g/mol. The van der Waals surface area contributed by atoms with Crippen molar-refractivity contribution in [3.05, 3.63) is 11.1 Å². The van der Waals surface area contributed by atoms with Crippen LogP contribution in [-0.4, -0.2) is 51.1 Å². The van der Waals surface area contributed by atoms with Gasteiger partial charge in [0.05, 0.1) is 12.2 Å². The maximum Gasteiger partial charge on any atom is 0.222 e. The molecule has 0 fully saturated rings. The van der Waals surface area contributed by atoms with Gasteiger partial charge in [-0.2, -0.15) is 0 Å². The van der Waals surface area contributed by atoms with Gasteiger partial charge in [-0.25, -0.2) is 4.98 Å². The molecule has 8 heteroatoms. The molecule has 22 heavy (non-hydrogen) atoms. The standard InChI is InChI=1S/C14H26N6OS/c1-10(2)12(21)16-6-7-17-13(15-3)18-8-11-9-22-14(19-11)20(4)5/h9-10H,6-8H2,1-5H3,(H,16,21)(H2,15,17,18). The van der Waals surface area contributed by atoms with E-state index < -0.39 is 0 Å². The monoisotopic (exact) mass is 326 g/mol. The first kappa shape index (κ1) is 18.2. The van der Waals surface area contributed by atoms with Crippen LogP contribution in [0.3, 0.4) is 0 Å². The molecule has 0 unspecified atom stereocenters. The molecule has 0 aliphatic carbocycles. The quantitative estimate of drug-likeness (QED) is 0.389. The average Bonchev–Trinajstić information content (AvgIpc) is 2.95. The molecule has 7 nitrogen and oxygen atoms in total. The molecule has 0 saturated carbocycles.